The number of nitrogens with zero attached hydrogens (tertiary/aromatic N) is 4. The van der Waals surface area contributed by atoms with Crippen LogP contribution in [-0.2, 0) is 0 Å². The van der Waals surface area contributed by atoms with Crippen LogP contribution in [0.15, 0.2) is 18.2 Å². The monoisotopic (exact) mass is 279 g/mol. The van der Waals surface area contributed by atoms with Gasteiger partial charge in [-0.15, -0.1) is 0 Å². The molecule has 2 aromatic rings. The minimum absolute atomic E-state index is 0.0244. The van der Waals surface area contributed by atoms with Gasteiger partial charge in [-0.25, -0.2) is 8.78 Å². The molecule has 0 unspecified atom stereocenters. The first-order valence-electron chi connectivity index (χ1n) is 6.27. The lowest BCUT2D eigenvalue weighted by atomic mass is 10.2. The molecule has 0 saturated carbocycles. The fourth-order valence-corrected chi connectivity index (χ4v) is 1.83. The second-order valence-electron chi connectivity index (χ2n) is 4.09. The van der Waals surface area contributed by atoms with Crippen molar-refractivity contribution in [1.29, 1.82) is 0 Å². The van der Waals surface area contributed by atoms with Crippen LogP contribution in [0.1, 0.15) is 13.8 Å². The average molecular weight is 279 g/mol. The number of halogens is 2. The average Bonchev–Trinajstić information content (AvgIpc) is 2.42. The van der Waals surface area contributed by atoms with Crippen molar-refractivity contribution in [3.05, 3.63) is 29.8 Å². The first-order chi connectivity index (χ1) is 9.56. The molecule has 2 rings (SSSR count). The highest BCUT2D eigenvalue weighted by atomic mass is 19.2. The third kappa shape index (κ3) is 2.66. The topological polar surface area (TPSA) is 67.9 Å². The maximum atomic E-state index is 13.8. The van der Waals surface area contributed by atoms with Crippen LogP contribution < -0.4 is 10.6 Å². The van der Waals surface area contributed by atoms with Crippen LogP contribution in [0, 0.1) is 11.6 Å². The second kappa shape index (κ2) is 5.77. The fourth-order valence-electron chi connectivity index (χ4n) is 1.83. The van der Waals surface area contributed by atoms with Gasteiger partial charge in [0.05, 0.1) is 5.56 Å². The Morgan fingerprint density at radius 1 is 1.10 bits per heavy atom. The fraction of sp³-hybridized carbons (Fsp3) is 0.308. The Bertz CT molecular complexity index is 614. The van der Waals surface area contributed by atoms with E-state index in [0.717, 1.165) is 6.07 Å². The van der Waals surface area contributed by atoms with Crippen LogP contribution in [0.4, 0.5) is 20.7 Å². The van der Waals surface area contributed by atoms with Gasteiger partial charge in [-0.2, -0.15) is 15.0 Å². The standard InChI is InChI=1S/C13H15F2N5/c1-3-20(4-2)13-18-11(17-12(16)19-13)8-6-5-7-9(14)10(8)15/h5-7H,3-4H2,1-2H3,(H2,16,17,18,19). The van der Waals surface area contributed by atoms with Crippen LogP contribution in [0.2, 0.25) is 0 Å². The summed E-state index contributed by atoms with van der Waals surface area (Å²) in [5.41, 5.74) is 5.59. The predicted octanol–water partition coefficient (Wildman–Crippen LogP) is 2.25. The van der Waals surface area contributed by atoms with E-state index in [-0.39, 0.29) is 17.3 Å². The summed E-state index contributed by atoms with van der Waals surface area (Å²) in [6, 6.07) is 3.83. The third-order valence-corrected chi connectivity index (χ3v) is 2.88. The minimum Gasteiger partial charge on any atom is -0.368 e. The number of aromatic nitrogens is 3. The number of rotatable bonds is 4. The first kappa shape index (κ1) is 14.1. The van der Waals surface area contributed by atoms with Crippen LogP contribution in [0.5, 0.6) is 0 Å². The van der Waals surface area contributed by atoms with Crippen LogP contribution in [-0.4, -0.2) is 28.0 Å². The van der Waals surface area contributed by atoms with Crippen LogP contribution in [0.25, 0.3) is 11.4 Å². The molecule has 1 aromatic heterocycles. The molecule has 0 aliphatic heterocycles. The van der Waals surface area contributed by atoms with Crippen molar-refractivity contribution >= 4 is 11.9 Å². The molecule has 7 heteroatoms. The first-order valence-corrected chi connectivity index (χ1v) is 6.27. The van der Waals surface area contributed by atoms with E-state index in [0.29, 0.717) is 19.0 Å². The Balaban J connectivity index is 2.55. The lowest BCUT2D eigenvalue weighted by Crippen LogP contribution is -2.25. The van der Waals surface area contributed by atoms with Crippen molar-refractivity contribution in [3.63, 3.8) is 0 Å². The highest BCUT2D eigenvalue weighted by molar-refractivity contribution is 5.58. The van der Waals surface area contributed by atoms with E-state index in [1.54, 1.807) is 0 Å². The lowest BCUT2D eigenvalue weighted by Gasteiger charge is -2.18. The molecule has 106 valence electrons. The molecule has 0 saturated heterocycles. The maximum Gasteiger partial charge on any atom is 0.230 e. The van der Waals surface area contributed by atoms with Gasteiger partial charge in [0, 0.05) is 13.1 Å². The van der Waals surface area contributed by atoms with Crippen LogP contribution >= 0.6 is 0 Å². The molecule has 20 heavy (non-hydrogen) atoms. The highest BCUT2D eigenvalue weighted by Gasteiger charge is 2.16. The Labute approximate surface area is 115 Å². The Hall–Kier alpha value is -2.31. The zero-order valence-corrected chi connectivity index (χ0v) is 11.3. The van der Waals surface area contributed by atoms with E-state index in [1.165, 1.54) is 12.1 Å². The largest absolute Gasteiger partial charge is 0.368 e. The minimum atomic E-state index is -0.997. The summed E-state index contributed by atoms with van der Waals surface area (Å²) >= 11 is 0. The SMILES string of the molecule is CCN(CC)c1nc(N)nc(-c2cccc(F)c2F)n1. The molecule has 0 fully saturated rings. The summed E-state index contributed by atoms with van der Waals surface area (Å²) in [5.74, 6) is -1.60. The summed E-state index contributed by atoms with van der Waals surface area (Å²) in [6.45, 7) is 5.22. The second-order valence-corrected chi connectivity index (χ2v) is 4.09. The summed E-state index contributed by atoms with van der Waals surface area (Å²) in [6.07, 6.45) is 0. The van der Waals surface area contributed by atoms with Crippen molar-refractivity contribution < 1.29 is 8.78 Å². The number of anilines is 2. The molecule has 0 aliphatic rings. The molecular weight excluding hydrogens is 264 g/mol. The quantitative estimate of drug-likeness (QED) is 0.929. The van der Waals surface area contributed by atoms with Gasteiger partial charge in [0.2, 0.25) is 11.9 Å². The molecule has 5 nitrogen and oxygen atoms in total. The van der Waals surface area contributed by atoms with Crippen molar-refractivity contribution in [2.75, 3.05) is 23.7 Å². The highest BCUT2D eigenvalue weighted by Crippen LogP contribution is 2.23. The van der Waals surface area contributed by atoms with Gasteiger partial charge in [-0.05, 0) is 26.0 Å². The zero-order valence-electron chi connectivity index (χ0n) is 11.3. The Morgan fingerprint density at radius 3 is 2.45 bits per heavy atom. The molecule has 0 amide bonds. The van der Waals surface area contributed by atoms with Gasteiger partial charge in [-0.3, -0.25) is 0 Å². The molecule has 0 atom stereocenters. The smallest absolute Gasteiger partial charge is 0.230 e. The summed E-state index contributed by atoms with van der Waals surface area (Å²) in [5, 5.41) is 0. The van der Waals surface area contributed by atoms with Crippen molar-refractivity contribution in [1.82, 2.24) is 15.0 Å². The summed E-state index contributed by atoms with van der Waals surface area (Å²) in [4.78, 5) is 13.9. The molecule has 2 N–H and O–H groups in total. The van der Waals surface area contributed by atoms with E-state index in [9.17, 15) is 8.78 Å². The van der Waals surface area contributed by atoms with Gasteiger partial charge in [-0.1, -0.05) is 6.07 Å². The molecule has 1 heterocycles. The number of nitrogen functional groups attached to an aromatic ring is 1. The number of hydrogen-bond acceptors (Lipinski definition) is 5. The van der Waals surface area contributed by atoms with Crippen LogP contribution in [0.3, 0.4) is 0 Å². The molecule has 0 bridgehead atoms. The molecular formula is C13H15F2N5. The molecule has 1 aromatic carbocycles. The maximum absolute atomic E-state index is 13.8. The van der Waals surface area contributed by atoms with Gasteiger partial charge in [0.1, 0.15) is 0 Å². The van der Waals surface area contributed by atoms with E-state index in [4.69, 9.17) is 5.73 Å². The van der Waals surface area contributed by atoms with Gasteiger partial charge in [0.25, 0.3) is 0 Å². The zero-order chi connectivity index (χ0) is 14.7. The third-order valence-electron chi connectivity index (χ3n) is 2.88. The summed E-state index contributed by atoms with van der Waals surface area (Å²) in [7, 11) is 0. The number of nitrogens with two attached hydrogens (primary N) is 1. The van der Waals surface area contributed by atoms with E-state index >= 15 is 0 Å². The lowest BCUT2D eigenvalue weighted by molar-refractivity contribution is 0.510. The molecule has 0 radical (unpaired) electrons. The van der Waals surface area contributed by atoms with Crippen molar-refractivity contribution in [2.24, 2.45) is 0 Å². The summed E-state index contributed by atoms with van der Waals surface area (Å²) < 4.78 is 27.1. The Kier molecular flexibility index (Phi) is 4.07. The molecule has 0 aliphatic carbocycles. The van der Waals surface area contributed by atoms with Crippen molar-refractivity contribution in [2.45, 2.75) is 13.8 Å². The predicted molar refractivity (Wildman–Crippen MR) is 73.2 cm³/mol. The van der Waals surface area contributed by atoms with Gasteiger partial charge < -0.3 is 10.6 Å². The number of benzene rings is 1. The molecule has 0 spiro atoms. The van der Waals surface area contributed by atoms with E-state index in [2.05, 4.69) is 15.0 Å². The van der Waals surface area contributed by atoms with E-state index < -0.39 is 11.6 Å². The Morgan fingerprint density at radius 2 is 1.80 bits per heavy atom. The number of hydrogen-bond donors (Lipinski definition) is 1. The van der Waals surface area contributed by atoms with E-state index in [1.807, 2.05) is 18.7 Å². The van der Waals surface area contributed by atoms with Crippen molar-refractivity contribution in [3.8, 4) is 11.4 Å². The van der Waals surface area contributed by atoms with Gasteiger partial charge >= 0.3 is 0 Å². The normalized spacial score (nSPS) is 10.6. The van der Waals surface area contributed by atoms with Gasteiger partial charge in [0.15, 0.2) is 17.5 Å².